The van der Waals surface area contributed by atoms with Crippen molar-refractivity contribution in [1.82, 2.24) is 14.4 Å². The zero-order chi connectivity index (χ0) is 20.9. The van der Waals surface area contributed by atoms with Crippen LogP contribution in [0.2, 0.25) is 0 Å². The number of rotatable bonds is 3. The summed E-state index contributed by atoms with van der Waals surface area (Å²) in [7, 11) is 3.79. The molecule has 0 saturated carbocycles. The highest BCUT2D eigenvalue weighted by Crippen LogP contribution is 2.44. The molecular formula is C23H29ClFN3O2. The van der Waals surface area contributed by atoms with Crippen molar-refractivity contribution >= 4 is 18.3 Å². The summed E-state index contributed by atoms with van der Waals surface area (Å²) >= 11 is 0. The maximum Gasteiger partial charge on any atom is 0.263 e. The lowest BCUT2D eigenvalue weighted by molar-refractivity contribution is 0.0765. The van der Waals surface area contributed by atoms with E-state index < -0.39 is 0 Å². The van der Waals surface area contributed by atoms with Crippen LogP contribution in [0.25, 0.3) is 0 Å². The van der Waals surface area contributed by atoms with Crippen LogP contribution in [0.4, 0.5) is 4.39 Å². The number of pyridine rings is 1. The molecule has 1 aromatic heterocycles. The van der Waals surface area contributed by atoms with Crippen LogP contribution < -0.4 is 5.56 Å². The third-order valence-corrected chi connectivity index (χ3v) is 6.69. The fourth-order valence-electron chi connectivity index (χ4n) is 5.38. The van der Waals surface area contributed by atoms with E-state index in [1.54, 1.807) is 29.8 Å². The quantitative estimate of drug-likeness (QED) is 0.746. The van der Waals surface area contributed by atoms with Crippen molar-refractivity contribution in [2.24, 2.45) is 18.9 Å². The molecule has 1 aromatic carbocycles. The highest BCUT2D eigenvalue weighted by molar-refractivity contribution is 5.94. The number of aryl methyl sites for hydroxylation is 1. The molecule has 2 fully saturated rings. The van der Waals surface area contributed by atoms with E-state index in [2.05, 4.69) is 11.9 Å². The summed E-state index contributed by atoms with van der Waals surface area (Å²) < 4.78 is 15.4. The molecule has 1 amide bonds. The number of amides is 1. The molecule has 2 aromatic rings. The van der Waals surface area contributed by atoms with E-state index in [1.807, 2.05) is 24.8 Å². The number of carbonyl (C=O) groups excluding carboxylic acids is 1. The van der Waals surface area contributed by atoms with Crippen molar-refractivity contribution in [3.63, 3.8) is 0 Å². The van der Waals surface area contributed by atoms with E-state index in [4.69, 9.17) is 0 Å². The van der Waals surface area contributed by atoms with Gasteiger partial charge >= 0.3 is 0 Å². The van der Waals surface area contributed by atoms with Crippen LogP contribution >= 0.6 is 12.4 Å². The van der Waals surface area contributed by atoms with E-state index in [0.29, 0.717) is 19.0 Å². The summed E-state index contributed by atoms with van der Waals surface area (Å²) in [6.45, 7) is 6.04. The number of hydrogen-bond acceptors (Lipinski definition) is 3. The fraction of sp³-hybridized carbons (Fsp3) is 0.478. The molecule has 3 heterocycles. The van der Waals surface area contributed by atoms with Crippen LogP contribution in [-0.2, 0) is 13.5 Å². The molecule has 162 valence electrons. The lowest BCUT2D eigenvalue weighted by atomic mass is 9.89. The average molecular weight is 434 g/mol. The minimum atomic E-state index is -0.236. The average Bonchev–Trinajstić information content (AvgIpc) is 3.21. The zero-order valence-electron chi connectivity index (χ0n) is 17.9. The Morgan fingerprint density at radius 1 is 1.17 bits per heavy atom. The molecule has 2 aliphatic rings. The SMILES string of the molecule is CCc1c(C)cc(C(=O)N2C[C@@H]3CN(C)[C@@H](c4cccc(F)c4)[C@@H]3C2)c(=O)n1C.Cl. The molecule has 0 N–H and O–H groups in total. The number of nitrogens with zero attached hydrogens (tertiary/aromatic N) is 3. The number of aromatic nitrogens is 1. The van der Waals surface area contributed by atoms with Crippen LogP contribution in [0.5, 0.6) is 0 Å². The van der Waals surface area contributed by atoms with E-state index in [1.165, 1.54) is 6.07 Å². The molecule has 5 nitrogen and oxygen atoms in total. The van der Waals surface area contributed by atoms with Gasteiger partial charge in [-0.05, 0) is 55.6 Å². The van der Waals surface area contributed by atoms with Crippen molar-refractivity contribution in [3.05, 3.63) is 68.9 Å². The van der Waals surface area contributed by atoms with Gasteiger partial charge in [0, 0.05) is 44.3 Å². The Bertz CT molecular complexity index is 1020. The minimum Gasteiger partial charge on any atom is -0.338 e. The molecule has 3 atom stereocenters. The molecular weight excluding hydrogens is 405 g/mol. The highest BCUT2D eigenvalue weighted by Gasteiger charge is 2.47. The summed E-state index contributed by atoms with van der Waals surface area (Å²) in [5.41, 5.74) is 2.90. The zero-order valence-corrected chi connectivity index (χ0v) is 18.7. The maximum absolute atomic E-state index is 13.8. The number of likely N-dealkylation sites (tertiary alicyclic amines) is 2. The van der Waals surface area contributed by atoms with Crippen molar-refractivity contribution in [2.45, 2.75) is 26.3 Å². The lowest BCUT2D eigenvalue weighted by Gasteiger charge is -2.27. The third-order valence-electron chi connectivity index (χ3n) is 6.69. The molecule has 2 saturated heterocycles. The normalized spacial score (nSPS) is 23.4. The number of benzene rings is 1. The highest BCUT2D eigenvalue weighted by atomic mass is 35.5. The van der Waals surface area contributed by atoms with Crippen LogP contribution in [0.1, 0.15) is 40.1 Å². The van der Waals surface area contributed by atoms with Crippen molar-refractivity contribution in [3.8, 4) is 0 Å². The predicted molar refractivity (Wildman–Crippen MR) is 118 cm³/mol. The Kier molecular flexibility index (Phi) is 6.39. The summed E-state index contributed by atoms with van der Waals surface area (Å²) in [6, 6.07) is 8.58. The van der Waals surface area contributed by atoms with E-state index >= 15 is 0 Å². The topological polar surface area (TPSA) is 45.6 Å². The number of fused-ring (bicyclic) bond motifs is 1. The van der Waals surface area contributed by atoms with Gasteiger partial charge in [-0.2, -0.15) is 0 Å². The molecule has 7 heteroatoms. The maximum atomic E-state index is 13.8. The Labute approximate surface area is 182 Å². The van der Waals surface area contributed by atoms with Gasteiger partial charge in [0.05, 0.1) is 0 Å². The van der Waals surface area contributed by atoms with Gasteiger partial charge in [0.1, 0.15) is 11.4 Å². The van der Waals surface area contributed by atoms with Crippen LogP contribution in [-0.4, -0.2) is 47.0 Å². The summed E-state index contributed by atoms with van der Waals surface area (Å²) in [5, 5.41) is 0. The number of carbonyl (C=O) groups is 1. The molecule has 0 spiro atoms. The van der Waals surface area contributed by atoms with Crippen molar-refractivity contribution in [2.75, 3.05) is 26.7 Å². The molecule has 0 aliphatic carbocycles. The monoisotopic (exact) mass is 433 g/mol. The minimum absolute atomic E-state index is 0. The van der Waals surface area contributed by atoms with Gasteiger partial charge in [-0.25, -0.2) is 4.39 Å². The Morgan fingerprint density at radius 3 is 2.57 bits per heavy atom. The van der Waals surface area contributed by atoms with Crippen LogP contribution in [0.3, 0.4) is 0 Å². The van der Waals surface area contributed by atoms with Gasteiger partial charge in [0.2, 0.25) is 0 Å². The number of hydrogen-bond donors (Lipinski definition) is 0. The van der Waals surface area contributed by atoms with Gasteiger partial charge in [0.25, 0.3) is 11.5 Å². The van der Waals surface area contributed by atoms with Crippen LogP contribution in [0.15, 0.2) is 35.1 Å². The predicted octanol–water partition coefficient (Wildman–Crippen LogP) is 3.19. The molecule has 0 unspecified atom stereocenters. The Hall–Kier alpha value is -2.18. The first kappa shape index (κ1) is 22.5. The molecule has 0 bridgehead atoms. The van der Waals surface area contributed by atoms with E-state index in [0.717, 1.165) is 29.8 Å². The summed E-state index contributed by atoms with van der Waals surface area (Å²) in [6.07, 6.45) is 0.752. The third kappa shape index (κ3) is 3.67. The molecule has 30 heavy (non-hydrogen) atoms. The van der Waals surface area contributed by atoms with Gasteiger partial charge in [-0.15, -0.1) is 12.4 Å². The fourth-order valence-corrected chi connectivity index (χ4v) is 5.38. The Balaban J connectivity index is 0.00000256. The first-order chi connectivity index (χ1) is 13.8. The second-order valence-electron chi connectivity index (χ2n) is 8.48. The summed E-state index contributed by atoms with van der Waals surface area (Å²) in [5.74, 6) is 0.148. The van der Waals surface area contributed by atoms with E-state index in [-0.39, 0.29) is 47.2 Å². The van der Waals surface area contributed by atoms with Gasteiger partial charge < -0.3 is 9.47 Å². The lowest BCUT2D eigenvalue weighted by Crippen LogP contribution is -2.38. The largest absolute Gasteiger partial charge is 0.338 e. The second-order valence-corrected chi connectivity index (χ2v) is 8.48. The molecule has 0 radical (unpaired) electrons. The molecule has 2 aliphatic heterocycles. The first-order valence-corrected chi connectivity index (χ1v) is 10.3. The smallest absolute Gasteiger partial charge is 0.263 e. The standard InChI is InChI=1S/C23H28FN3O2.ClH/c1-5-20-14(2)9-18(22(28)26(20)4)23(29)27-12-16-11-25(3)21(19(16)13-27)15-7-6-8-17(24)10-15;/h6-10,16,19,21H,5,11-13H2,1-4H3;1H/t16-,19+,21-;/m0./s1. The van der Waals surface area contributed by atoms with Crippen LogP contribution in [0, 0.1) is 24.6 Å². The molecule has 4 rings (SSSR count). The van der Waals surface area contributed by atoms with Gasteiger partial charge in [-0.3, -0.25) is 14.5 Å². The van der Waals surface area contributed by atoms with Crippen molar-refractivity contribution in [1.29, 1.82) is 0 Å². The van der Waals surface area contributed by atoms with E-state index in [9.17, 15) is 14.0 Å². The first-order valence-electron chi connectivity index (χ1n) is 10.3. The summed E-state index contributed by atoms with van der Waals surface area (Å²) in [4.78, 5) is 30.1. The van der Waals surface area contributed by atoms with Gasteiger partial charge in [0.15, 0.2) is 0 Å². The second kappa shape index (κ2) is 8.52. The Morgan fingerprint density at radius 2 is 1.90 bits per heavy atom. The van der Waals surface area contributed by atoms with Crippen molar-refractivity contribution < 1.29 is 9.18 Å². The van der Waals surface area contributed by atoms with Gasteiger partial charge in [-0.1, -0.05) is 19.1 Å². The number of halogens is 2.